The quantitative estimate of drug-likeness (QED) is 0.883. The van der Waals surface area contributed by atoms with E-state index in [1.165, 1.54) is 19.3 Å². The Labute approximate surface area is 134 Å². The van der Waals surface area contributed by atoms with Gasteiger partial charge in [-0.05, 0) is 25.0 Å². The fraction of sp³-hybridized carbons (Fsp3) is 0.500. The number of urea groups is 1. The topological polar surface area (TPSA) is 92.9 Å². The first-order chi connectivity index (χ1) is 11.3. The Morgan fingerprint density at radius 3 is 2.78 bits per heavy atom. The van der Waals surface area contributed by atoms with Crippen molar-refractivity contribution >= 4 is 6.03 Å². The second-order valence-electron chi connectivity index (χ2n) is 5.74. The third kappa shape index (κ3) is 4.51. The zero-order valence-corrected chi connectivity index (χ0v) is 13.0. The maximum atomic E-state index is 11.8. The van der Waals surface area contributed by atoms with Crippen molar-refractivity contribution < 1.29 is 9.32 Å². The molecule has 0 aromatic carbocycles. The molecule has 0 spiro atoms. The molecule has 1 aliphatic carbocycles. The van der Waals surface area contributed by atoms with Gasteiger partial charge in [-0.2, -0.15) is 4.98 Å². The van der Waals surface area contributed by atoms with Gasteiger partial charge >= 0.3 is 6.03 Å². The van der Waals surface area contributed by atoms with Gasteiger partial charge < -0.3 is 15.2 Å². The molecule has 0 radical (unpaired) electrons. The Hall–Kier alpha value is -2.44. The molecule has 2 aromatic rings. The molecule has 7 heteroatoms. The highest BCUT2D eigenvalue weighted by Crippen LogP contribution is 2.17. The molecule has 0 unspecified atom stereocenters. The molecule has 1 fully saturated rings. The van der Waals surface area contributed by atoms with E-state index in [1.54, 1.807) is 12.4 Å². The van der Waals surface area contributed by atoms with E-state index < -0.39 is 0 Å². The van der Waals surface area contributed by atoms with E-state index in [0.717, 1.165) is 18.4 Å². The van der Waals surface area contributed by atoms with Crippen molar-refractivity contribution in [3.63, 3.8) is 0 Å². The van der Waals surface area contributed by atoms with E-state index in [9.17, 15) is 4.79 Å². The highest BCUT2D eigenvalue weighted by atomic mass is 16.5. The van der Waals surface area contributed by atoms with Gasteiger partial charge in [-0.25, -0.2) is 4.79 Å². The first-order valence-corrected chi connectivity index (χ1v) is 8.08. The smallest absolute Gasteiger partial charge is 0.315 e. The number of hydrogen-bond acceptors (Lipinski definition) is 5. The molecule has 2 heterocycles. The lowest BCUT2D eigenvalue weighted by atomic mass is 9.96. The van der Waals surface area contributed by atoms with Crippen LogP contribution in [0.1, 0.15) is 37.9 Å². The van der Waals surface area contributed by atoms with Crippen LogP contribution in [0.15, 0.2) is 29.0 Å². The number of hydrogen-bond donors (Lipinski definition) is 2. The normalized spacial score (nSPS) is 15.3. The van der Waals surface area contributed by atoms with Crippen LogP contribution in [0.2, 0.25) is 0 Å². The molecule has 0 saturated heterocycles. The van der Waals surface area contributed by atoms with E-state index in [-0.39, 0.29) is 6.03 Å². The summed E-state index contributed by atoms with van der Waals surface area (Å²) < 4.78 is 5.21. The highest BCUT2D eigenvalue weighted by Gasteiger charge is 2.15. The van der Waals surface area contributed by atoms with Crippen LogP contribution >= 0.6 is 0 Å². The zero-order valence-electron chi connectivity index (χ0n) is 13.0. The van der Waals surface area contributed by atoms with Crippen molar-refractivity contribution in [3.05, 3.63) is 30.4 Å². The van der Waals surface area contributed by atoms with Crippen LogP contribution < -0.4 is 10.6 Å². The fourth-order valence-electron chi connectivity index (χ4n) is 2.74. The van der Waals surface area contributed by atoms with Crippen molar-refractivity contribution in [1.82, 2.24) is 25.8 Å². The summed E-state index contributed by atoms with van der Waals surface area (Å²) in [5.74, 6) is 1.05. The number of pyridine rings is 1. The third-order valence-electron chi connectivity index (χ3n) is 3.97. The standard InChI is InChI=1S/C16H21N5O2/c22-16(19-13-4-2-1-3-5-13)18-11-8-14-20-15(23-21-14)12-6-9-17-10-7-12/h6-7,9-10,13H,1-5,8,11H2,(H2,18,19,22). The minimum Gasteiger partial charge on any atom is -0.338 e. The molecule has 7 nitrogen and oxygen atoms in total. The molecular formula is C16H21N5O2. The van der Waals surface area contributed by atoms with Gasteiger partial charge in [-0.1, -0.05) is 24.4 Å². The lowest BCUT2D eigenvalue weighted by Gasteiger charge is -2.22. The van der Waals surface area contributed by atoms with Crippen LogP contribution in [0, 0.1) is 0 Å². The van der Waals surface area contributed by atoms with Crippen molar-refractivity contribution in [1.29, 1.82) is 0 Å². The van der Waals surface area contributed by atoms with Gasteiger partial charge in [-0.15, -0.1) is 0 Å². The van der Waals surface area contributed by atoms with E-state index in [0.29, 0.717) is 30.7 Å². The van der Waals surface area contributed by atoms with Gasteiger partial charge in [0.1, 0.15) is 0 Å². The lowest BCUT2D eigenvalue weighted by molar-refractivity contribution is 0.232. The Balaban J connectivity index is 1.42. The van der Waals surface area contributed by atoms with Gasteiger partial charge in [0.05, 0.1) is 0 Å². The molecule has 1 saturated carbocycles. The molecule has 0 atom stereocenters. The highest BCUT2D eigenvalue weighted by molar-refractivity contribution is 5.74. The SMILES string of the molecule is O=C(NCCc1noc(-c2ccncc2)n1)NC1CCCCC1. The van der Waals surface area contributed by atoms with E-state index in [4.69, 9.17) is 4.52 Å². The van der Waals surface area contributed by atoms with Crippen LogP contribution in [0.3, 0.4) is 0 Å². The predicted octanol–water partition coefficient (Wildman–Crippen LogP) is 2.31. The second kappa shape index (κ2) is 7.71. The van der Waals surface area contributed by atoms with Crippen LogP contribution in [-0.2, 0) is 6.42 Å². The summed E-state index contributed by atoms with van der Waals surface area (Å²) in [7, 11) is 0. The minimum atomic E-state index is -0.116. The third-order valence-corrected chi connectivity index (χ3v) is 3.97. The number of nitrogens with one attached hydrogen (secondary N) is 2. The minimum absolute atomic E-state index is 0.116. The van der Waals surface area contributed by atoms with Crippen LogP contribution in [0.5, 0.6) is 0 Å². The van der Waals surface area contributed by atoms with Crippen molar-refractivity contribution in [2.75, 3.05) is 6.54 Å². The average molecular weight is 315 g/mol. The Kier molecular flexibility index (Phi) is 5.18. The molecule has 2 aromatic heterocycles. The van der Waals surface area contributed by atoms with E-state index in [2.05, 4.69) is 25.8 Å². The van der Waals surface area contributed by atoms with Crippen molar-refractivity contribution in [2.45, 2.75) is 44.6 Å². The summed E-state index contributed by atoms with van der Waals surface area (Å²) in [5, 5.41) is 9.79. The van der Waals surface area contributed by atoms with Crippen LogP contribution in [-0.4, -0.2) is 33.7 Å². The van der Waals surface area contributed by atoms with Gasteiger partial charge in [0.25, 0.3) is 5.89 Å². The maximum Gasteiger partial charge on any atom is 0.315 e. The number of aromatic nitrogens is 3. The Bertz CT molecular complexity index is 622. The number of rotatable bonds is 5. The molecule has 0 aliphatic heterocycles. The fourth-order valence-corrected chi connectivity index (χ4v) is 2.74. The van der Waals surface area contributed by atoms with Gasteiger partial charge in [0, 0.05) is 37.0 Å². The largest absolute Gasteiger partial charge is 0.338 e. The second-order valence-corrected chi connectivity index (χ2v) is 5.74. The molecule has 2 N–H and O–H groups in total. The number of carbonyl (C=O) groups excluding carboxylic acids is 1. The summed E-state index contributed by atoms with van der Waals surface area (Å²) in [6.45, 7) is 0.480. The summed E-state index contributed by atoms with van der Waals surface area (Å²) in [6, 6.07) is 3.82. The van der Waals surface area contributed by atoms with Crippen molar-refractivity contribution in [2.24, 2.45) is 0 Å². The number of carbonyl (C=O) groups is 1. The summed E-state index contributed by atoms with van der Waals surface area (Å²) >= 11 is 0. The van der Waals surface area contributed by atoms with E-state index >= 15 is 0 Å². The molecule has 3 rings (SSSR count). The average Bonchev–Trinajstić information content (AvgIpc) is 3.05. The molecule has 0 bridgehead atoms. The summed E-state index contributed by atoms with van der Waals surface area (Å²) in [5.41, 5.74) is 0.835. The lowest BCUT2D eigenvalue weighted by Crippen LogP contribution is -2.43. The van der Waals surface area contributed by atoms with Gasteiger partial charge in [-0.3, -0.25) is 4.98 Å². The Morgan fingerprint density at radius 2 is 2.00 bits per heavy atom. The van der Waals surface area contributed by atoms with E-state index in [1.807, 2.05) is 12.1 Å². The summed E-state index contributed by atoms with van der Waals surface area (Å²) in [4.78, 5) is 20.1. The zero-order chi connectivity index (χ0) is 15.9. The molecular weight excluding hydrogens is 294 g/mol. The Morgan fingerprint density at radius 1 is 1.22 bits per heavy atom. The summed E-state index contributed by atoms with van der Waals surface area (Å²) in [6.07, 6.45) is 9.72. The van der Waals surface area contributed by atoms with Gasteiger partial charge in [0.15, 0.2) is 5.82 Å². The first-order valence-electron chi connectivity index (χ1n) is 8.08. The monoisotopic (exact) mass is 315 g/mol. The van der Waals surface area contributed by atoms with Crippen LogP contribution in [0.25, 0.3) is 11.5 Å². The molecule has 1 aliphatic rings. The van der Waals surface area contributed by atoms with Crippen molar-refractivity contribution in [3.8, 4) is 11.5 Å². The number of nitrogens with zero attached hydrogens (tertiary/aromatic N) is 3. The molecule has 2 amide bonds. The first kappa shape index (κ1) is 15.5. The van der Waals surface area contributed by atoms with Gasteiger partial charge in [0.2, 0.25) is 0 Å². The van der Waals surface area contributed by atoms with Crippen LogP contribution in [0.4, 0.5) is 4.79 Å². The predicted molar refractivity (Wildman–Crippen MR) is 84.6 cm³/mol. The number of amides is 2. The maximum absolute atomic E-state index is 11.8. The molecule has 122 valence electrons. The molecule has 23 heavy (non-hydrogen) atoms.